The number of hydrogen-bond donors (Lipinski definition) is 1. The van der Waals surface area contributed by atoms with E-state index in [0.29, 0.717) is 44.9 Å². The van der Waals surface area contributed by atoms with Gasteiger partial charge in [-0.25, -0.2) is 0 Å². The van der Waals surface area contributed by atoms with Gasteiger partial charge in [0.15, 0.2) is 0 Å². The molecule has 0 saturated heterocycles. The van der Waals surface area contributed by atoms with Gasteiger partial charge in [-0.15, -0.1) is 0 Å². The summed E-state index contributed by atoms with van der Waals surface area (Å²) in [5.74, 6) is 0.956. The highest BCUT2D eigenvalue weighted by atomic mass is 16.5. The van der Waals surface area contributed by atoms with Gasteiger partial charge in [-0.2, -0.15) is 0 Å². The Kier molecular flexibility index (Phi) is 10.8. The van der Waals surface area contributed by atoms with E-state index in [1.807, 2.05) is 92.7 Å². The molecule has 5 heteroatoms. The van der Waals surface area contributed by atoms with Crippen molar-refractivity contribution in [2.45, 2.75) is 59.5 Å². The SMILES string of the molecule is Cc1ccc(OCCCC(=O)N(Cc2ccccc2C)[C@H](Cc2ccccc2)C(=O)NCC(C)C)cc1. The zero-order valence-electron chi connectivity index (χ0n) is 22.6. The zero-order valence-corrected chi connectivity index (χ0v) is 22.6. The van der Waals surface area contributed by atoms with E-state index >= 15 is 0 Å². The number of hydrogen-bond acceptors (Lipinski definition) is 3. The molecule has 0 fully saturated rings. The van der Waals surface area contributed by atoms with Gasteiger partial charge in [-0.05, 0) is 55.0 Å². The Bertz CT molecular complexity index is 1130. The standard InChI is InChI=1S/C32H40N2O3/c1-24(2)22-33-32(36)30(21-27-12-6-5-7-13-27)34(23-28-14-9-8-11-26(28)4)31(35)15-10-20-37-29-18-16-25(3)17-19-29/h5-9,11-14,16-19,24,30H,10,15,20-23H2,1-4H3,(H,33,36)/t30-/m1/s1. The second kappa shape index (κ2) is 14.2. The Balaban J connectivity index is 1.79. The van der Waals surface area contributed by atoms with Crippen LogP contribution in [0.5, 0.6) is 5.75 Å². The van der Waals surface area contributed by atoms with Gasteiger partial charge in [-0.3, -0.25) is 9.59 Å². The maximum Gasteiger partial charge on any atom is 0.243 e. The van der Waals surface area contributed by atoms with Gasteiger partial charge < -0.3 is 15.0 Å². The van der Waals surface area contributed by atoms with Crippen LogP contribution in [0, 0.1) is 19.8 Å². The Morgan fingerprint density at radius 2 is 1.57 bits per heavy atom. The van der Waals surface area contributed by atoms with Crippen molar-refractivity contribution < 1.29 is 14.3 Å². The molecule has 0 saturated carbocycles. The minimum absolute atomic E-state index is 0.0450. The number of aryl methyl sites for hydroxylation is 2. The number of ether oxygens (including phenoxy) is 1. The van der Waals surface area contributed by atoms with Crippen LogP contribution in [0.1, 0.15) is 48.9 Å². The Morgan fingerprint density at radius 3 is 2.24 bits per heavy atom. The number of nitrogens with one attached hydrogen (secondary N) is 1. The second-order valence-electron chi connectivity index (χ2n) is 10.1. The van der Waals surface area contributed by atoms with Crippen LogP contribution in [0.3, 0.4) is 0 Å². The Morgan fingerprint density at radius 1 is 0.892 bits per heavy atom. The molecule has 1 atom stereocenters. The molecule has 3 aromatic carbocycles. The molecule has 0 aliphatic carbocycles. The third kappa shape index (κ3) is 9.09. The summed E-state index contributed by atoms with van der Waals surface area (Å²) in [5.41, 5.74) is 4.34. The molecule has 0 radical (unpaired) electrons. The molecule has 2 amide bonds. The number of nitrogens with zero attached hydrogens (tertiary/aromatic N) is 1. The van der Waals surface area contributed by atoms with Gasteiger partial charge in [0.1, 0.15) is 11.8 Å². The normalized spacial score (nSPS) is 11.7. The van der Waals surface area contributed by atoms with Crippen LogP contribution in [-0.2, 0) is 22.6 Å². The highest BCUT2D eigenvalue weighted by Crippen LogP contribution is 2.19. The summed E-state index contributed by atoms with van der Waals surface area (Å²) in [4.78, 5) is 28.9. The van der Waals surface area contributed by atoms with Crippen LogP contribution in [-0.4, -0.2) is 35.9 Å². The molecule has 3 aromatic rings. The summed E-state index contributed by atoms with van der Waals surface area (Å²) in [5, 5.41) is 3.07. The van der Waals surface area contributed by atoms with Gasteiger partial charge >= 0.3 is 0 Å². The topological polar surface area (TPSA) is 58.6 Å². The molecule has 3 rings (SSSR count). The van der Waals surface area contributed by atoms with E-state index < -0.39 is 6.04 Å². The van der Waals surface area contributed by atoms with Gasteiger partial charge in [0.05, 0.1) is 6.61 Å². The Hall–Kier alpha value is -3.60. The highest BCUT2D eigenvalue weighted by Gasteiger charge is 2.30. The largest absolute Gasteiger partial charge is 0.494 e. The number of benzene rings is 3. The quantitative estimate of drug-likeness (QED) is 0.298. The van der Waals surface area contributed by atoms with E-state index in [0.717, 1.165) is 22.4 Å². The van der Waals surface area contributed by atoms with Crippen molar-refractivity contribution in [1.29, 1.82) is 0 Å². The minimum Gasteiger partial charge on any atom is -0.494 e. The summed E-state index contributed by atoms with van der Waals surface area (Å²) in [6.07, 6.45) is 1.34. The molecule has 0 aliphatic rings. The molecule has 0 bridgehead atoms. The fraction of sp³-hybridized carbons (Fsp3) is 0.375. The molecule has 0 unspecified atom stereocenters. The van der Waals surface area contributed by atoms with Crippen LogP contribution in [0.4, 0.5) is 0 Å². The lowest BCUT2D eigenvalue weighted by Crippen LogP contribution is -2.51. The summed E-state index contributed by atoms with van der Waals surface area (Å²) in [6, 6.07) is 25.2. The lowest BCUT2D eigenvalue weighted by molar-refractivity contribution is -0.141. The molecular weight excluding hydrogens is 460 g/mol. The van der Waals surface area contributed by atoms with Crippen molar-refractivity contribution >= 4 is 11.8 Å². The lowest BCUT2D eigenvalue weighted by Gasteiger charge is -2.32. The molecule has 0 aliphatic heterocycles. The summed E-state index contributed by atoms with van der Waals surface area (Å²) in [7, 11) is 0. The first kappa shape index (κ1) is 28.0. The summed E-state index contributed by atoms with van der Waals surface area (Å²) in [6.45, 7) is 9.61. The number of carbonyl (C=O) groups is 2. The minimum atomic E-state index is -0.605. The number of carbonyl (C=O) groups excluding carboxylic acids is 2. The summed E-state index contributed by atoms with van der Waals surface area (Å²) < 4.78 is 5.85. The predicted octanol–water partition coefficient (Wildman–Crippen LogP) is 5.87. The maximum atomic E-state index is 13.7. The summed E-state index contributed by atoms with van der Waals surface area (Å²) >= 11 is 0. The third-order valence-corrected chi connectivity index (χ3v) is 6.38. The van der Waals surface area contributed by atoms with Crippen LogP contribution in [0.15, 0.2) is 78.9 Å². The zero-order chi connectivity index (χ0) is 26.6. The highest BCUT2D eigenvalue weighted by molar-refractivity contribution is 5.88. The predicted molar refractivity (Wildman–Crippen MR) is 149 cm³/mol. The lowest BCUT2D eigenvalue weighted by atomic mass is 10.0. The average molecular weight is 501 g/mol. The number of rotatable bonds is 13. The van der Waals surface area contributed by atoms with Gasteiger partial charge in [-0.1, -0.05) is 86.1 Å². The number of amides is 2. The van der Waals surface area contributed by atoms with E-state index in [4.69, 9.17) is 4.74 Å². The van der Waals surface area contributed by atoms with Crippen molar-refractivity contribution in [2.24, 2.45) is 5.92 Å². The molecule has 5 nitrogen and oxygen atoms in total. The van der Waals surface area contributed by atoms with E-state index in [1.165, 1.54) is 5.56 Å². The van der Waals surface area contributed by atoms with Crippen molar-refractivity contribution in [3.05, 3.63) is 101 Å². The van der Waals surface area contributed by atoms with Crippen molar-refractivity contribution in [3.63, 3.8) is 0 Å². The third-order valence-electron chi connectivity index (χ3n) is 6.38. The van der Waals surface area contributed by atoms with Crippen LogP contribution in [0.2, 0.25) is 0 Å². The molecule has 0 aromatic heterocycles. The Labute approximate surface area is 221 Å². The van der Waals surface area contributed by atoms with Crippen molar-refractivity contribution in [2.75, 3.05) is 13.2 Å². The van der Waals surface area contributed by atoms with Crippen LogP contribution < -0.4 is 10.1 Å². The van der Waals surface area contributed by atoms with E-state index in [2.05, 4.69) is 19.2 Å². The first-order valence-electron chi connectivity index (χ1n) is 13.2. The van der Waals surface area contributed by atoms with Gasteiger partial charge in [0.2, 0.25) is 11.8 Å². The van der Waals surface area contributed by atoms with E-state index in [1.54, 1.807) is 4.90 Å². The fourth-order valence-corrected chi connectivity index (χ4v) is 4.14. The fourth-order valence-electron chi connectivity index (χ4n) is 4.14. The second-order valence-corrected chi connectivity index (χ2v) is 10.1. The maximum absolute atomic E-state index is 13.7. The first-order chi connectivity index (χ1) is 17.8. The molecule has 37 heavy (non-hydrogen) atoms. The average Bonchev–Trinajstić information content (AvgIpc) is 2.89. The molecule has 1 N–H and O–H groups in total. The van der Waals surface area contributed by atoms with Crippen molar-refractivity contribution in [1.82, 2.24) is 10.2 Å². The molecule has 0 spiro atoms. The van der Waals surface area contributed by atoms with Crippen molar-refractivity contribution in [3.8, 4) is 5.75 Å². The smallest absolute Gasteiger partial charge is 0.243 e. The molecular formula is C32H40N2O3. The van der Waals surface area contributed by atoms with Gasteiger partial charge in [0, 0.05) is 25.9 Å². The van der Waals surface area contributed by atoms with Gasteiger partial charge in [0.25, 0.3) is 0 Å². The monoisotopic (exact) mass is 500 g/mol. The molecule has 0 heterocycles. The molecule has 196 valence electrons. The van der Waals surface area contributed by atoms with E-state index in [-0.39, 0.29) is 11.8 Å². The van der Waals surface area contributed by atoms with E-state index in [9.17, 15) is 9.59 Å². The van der Waals surface area contributed by atoms with Crippen LogP contribution >= 0.6 is 0 Å². The van der Waals surface area contributed by atoms with Crippen LogP contribution in [0.25, 0.3) is 0 Å². The first-order valence-corrected chi connectivity index (χ1v) is 13.2.